The first kappa shape index (κ1) is 14.0. The molecular formula is C15H16Br2F2. The van der Waals surface area contributed by atoms with Gasteiger partial charge in [-0.1, -0.05) is 22.4 Å². The van der Waals surface area contributed by atoms with Crippen molar-refractivity contribution >= 4 is 31.9 Å². The second-order valence-electron chi connectivity index (χ2n) is 6.07. The Kier molecular flexibility index (Phi) is 3.76. The number of halogens is 4. The molecule has 0 aromatic heterocycles. The van der Waals surface area contributed by atoms with Crippen LogP contribution in [0.4, 0.5) is 8.78 Å². The minimum absolute atomic E-state index is 0.0470. The molecule has 2 aliphatic rings. The van der Waals surface area contributed by atoms with Crippen LogP contribution in [-0.4, -0.2) is 5.33 Å². The highest BCUT2D eigenvalue weighted by Crippen LogP contribution is 2.58. The van der Waals surface area contributed by atoms with Crippen molar-refractivity contribution in [1.29, 1.82) is 0 Å². The van der Waals surface area contributed by atoms with Gasteiger partial charge < -0.3 is 0 Å². The van der Waals surface area contributed by atoms with E-state index in [1.54, 1.807) is 0 Å². The molecule has 3 unspecified atom stereocenters. The van der Waals surface area contributed by atoms with Gasteiger partial charge in [0.25, 0.3) is 0 Å². The molecule has 2 aliphatic carbocycles. The fourth-order valence-corrected chi connectivity index (χ4v) is 5.33. The molecule has 0 aliphatic heterocycles. The topological polar surface area (TPSA) is 0 Å². The number of hydrogen-bond donors (Lipinski definition) is 0. The molecule has 19 heavy (non-hydrogen) atoms. The van der Waals surface area contributed by atoms with Gasteiger partial charge in [0.05, 0.1) is 4.47 Å². The Morgan fingerprint density at radius 3 is 2.63 bits per heavy atom. The number of fused-ring (bicyclic) bond motifs is 2. The van der Waals surface area contributed by atoms with Crippen molar-refractivity contribution in [3.8, 4) is 0 Å². The summed E-state index contributed by atoms with van der Waals surface area (Å²) in [6, 6.07) is 2.80. The third-order valence-corrected chi connectivity index (χ3v) is 6.77. The van der Waals surface area contributed by atoms with Gasteiger partial charge in [-0.05, 0) is 71.0 Å². The molecule has 0 N–H and O–H groups in total. The maximum absolute atomic E-state index is 14.2. The highest BCUT2D eigenvalue weighted by molar-refractivity contribution is 9.10. The summed E-state index contributed by atoms with van der Waals surface area (Å²) in [4.78, 5) is 0. The lowest BCUT2D eigenvalue weighted by Gasteiger charge is -2.36. The van der Waals surface area contributed by atoms with Gasteiger partial charge in [0.1, 0.15) is 11.6 Å². The van der Waals surface area contributed by atoms with Crippen LogP contribution in [0.15, 0.2) is 16.6 Å². The SMILES string of the molecule is Fc1ccc(Br)c(F)c1CC1(CBr)CC2CCC1C2. The van der Waals surface area contributed by atoms with E-state index in [0.29, 0.717) is 16.8 Å². The van der Waals surface area contributed by atoms with Crippen molar-refractivity contribution in [2.24, 2.45) is 17.3 Å². The summed E-state index contributed by atoms with van der Waals surface area (Å²) >= 11 is 6.76. The quantitative estimate of drug-likeness (QED) is 0.471. The lowest BCUT2D eigenvalue weighted by molar-refractivity contribution is 0.192. The fraction of sp³-hybridized carbons (Fsp3) is 0.600. The Bertz CT molecular complexity index is 503. The molecule has 104 valence electrons. The standard InChI is InChI=1S/C15H16Br2F2/c16-8-15(6-9-1-2-10(15)5-9)7-11-13(18)4-3-12(17)14(11)19/h3-4,9-10H,1-2,5-8H2. The van der Waals surface area contributed by atoms with Gasteiger partial charge in [-0.25, -0.2) is 8.78 Å². The zero-order valence-corrected chi connectivity index (χ0v) is 13.7. The predicted octanol–water partition coefficient (Wildman–Crippen LogP) is 5.47. The average molecular weight is 394 g/mol. The molecule has 0 nitrogen and oxygen atoms in total. The van der Waals surface area contributed by atoms with Crippen molar-refractivity contribution < 1.29 is 8.78 Å². The van der Waals surface area contributed by atoms with Gasteiger partial charge in [0.2, 0.25) is 0 Å². The molecule has 2 saturated carbocycles. The molecular weight excluding hydrogens is 378 g/mol. The third kappa shape index (κ3) is 2.29. The monoisotopic (exact) mass is 392 g/mol. The molecule has 0 amide bonds. The Morgan fingerprint density at radius 1 is 1.26 bits per heavy atom. The molecule has 0 spiro atoms. The van der Waals surface area contributed by atoms with E-state index in [0.717, 1.165) is 17.7 Å². The second kappa shape index (κ2) is 5.10. The first-order valence-electron chi connectivity index (χ1n) is 6.74. The lowest BCUT2D eigenvalue weighted by atomic mass is 9.71. The maximum Gasteiger partial charge on any atom is 0.143 e. The van der Waals surface area contributed by atoms with Crippen molar-refractivity contribution in [3.05, 3.63) is 33.8 Å². The zero-order valence-electron chi connectivity index (χ0n) is 10.6. The molecule has 3 rings (SSSR count). The Balaban J connectivity index is 1.94. The van der Waals surface area contributed by atoms with Gasteiger partial charge in [-0.15, -0.1) is 0 Å². The van der Waals surface area contributed by atoms with Crippen LogP contribution >= 0.6 is 31.9 Å². The van der Waals surface area contributed by atoms with Crippen LogP contribution in [0.25, 0.3) is 0 Å². The Labute approximate surface area is 129 Å². The summed E-state index contributed by atoms with van der Waals surface area (Å²) in [5.74, 6) is 0.544. The summed E-state index contributed by atoms with van der Waals surface area (Å²) in [5, 5.41) is 0.840. The summed E-state index contributed by atoms with van der Waals surface area (Å²) in [6.45, 7) is 0. The smallest absolute Gasteiger partial charge is 0.143 e. The Hall–Kier alpha value is 0.0400. The van der Waals surface area contributed by atoms with E-state index in [1.165, 1.54) is 31.4 Å². The lowest BCUT2D eigenvalue weighted by Crippen LogP contribution is -2.32. The minimum atomic E-state index is -0.428. The van der Waals surface area contributed by atoms with Crippen LogP contribution in [0.5, 0.6) is 0 Å². The number of hydrogen-bond acceptors (Lipinski definition) is 0. The molecule has 0 radical (unpaired) electrons. The largest absolute Gasteiger partial charge is 0.207 e. The molecule has 1 aromatic carbocycles. The minimum Gasteiger partial charge on any atom is -0.207 e. The van der Waals surface area contributed by atoms with Crippen LogP contribution in [-0.2, 0) is 6.42 Å². The molecule has 2 fully saturated rings. The summed E-state index contributed by atoms with van der Waals surface area (Å²) in [5.41, 5.74) is 0.298. The first-order chi connectivity index (χ1) is 9.05. The van der Waals surface area contributed by atoms with Gasteiger partial charge in [0, 0.05) is 10.9 Å². The second-order valence-corrected chi connectivity index (χ2v) is 7.49. The third-order valence-electron chi connectivity index (χ3n) is 5.04. The van der Waals surface area contributed by atoms with E-state index in [2.05, 4.69) is 31.9 Å². The van der Waals surface area contributed by atoms with Gasteiger partial charge >= 0.3 is 0 Å². The fourth-order valence-electron chi connectivity index (χ4n) is 4.07. The highest BCUT2D eigenvalue weighted by atomic mass is 79.9. The van der Waals surface area contributed by atoms with Crippen molar-refractivity contribution in [2.45, 2.75) is 32.1 Å². The van der Waals surface area contributed by atoms with E-state index in [1.807, 2.05) is 0 Å². The van der Waals surface area contributed by atoms with Gasteiger partial charge in [0.15, 0.2) is 0 Å². The van der Waals surface area contributed by atoms with Crippen molar-refractivity contribution in [3.63, 3.8) is 0 Å². The normalized spacial score (nSPS) is 33.1. The molecule has 0 heterocycles. The van der Waals surface area contributed by atoms with Crippen LogP contribution < -0.4 is 0 Å². The van der Waals surface area contributed by atoms with E-state index >= 15 is 0 Å². The molecule has 2 bridgehead atoms. The summed E-state index contributed by atoms with van der Waals surface area (Å²) in [6.07, 6.45) is 5.37. The van der Waals surface area contributed by atoms with Crippen LogP contribution in [0.3, 0.4) is 0 Å². The molecule has 0 saturated heterocycles. The van der Waals surface area contributed by atoms with Crippen molar-refractivity contribution in [1.82, 2.24) is 0 Å². The number of rotatable bonds is 3. The van der Waals surface area contributed by atoms with Crippen LogP contribution in [0, 0.1) is 28.9 Å². The Morgan fingerprint density at radius 2 is 2.05 bits per heavy atom. The first-order valence-corrected chi connectivity index (χ1v) is 8.65. The zero-order chi connectivity index (χ0) is 13.6. The van der Waals surface area contributed by atoms with E-state index < -0.39 is 11.6 Å². The summed E-state index contributed by atoms with van der Waals surface area (Å²) in [7, 11) is 0. The summed E-state index contributed by atoms with van der Waals surface area (Å²) < 4.78 is 28.5. The van der Waals surface area contributed by atoms with Gasteiger partial charge in [-0.2, -0.15) is 0 Å². The van der Waals surface area contributed by atoms with Crippen molar-refractivity contribution in [2.75, 3.05) is 5.33 Å². The predicted molar refractivity (Wildman–Crippen MR) is 79.4 cm³/mol. The molecule has 3 atom stereocenters. The van der Waals surface area contributed by atoms with Crippen LogP contribution in [0.2, 0.25) is 0 Å². The van der Waals surface area contributed by atoms with Crippen LogP contribution in [0.1, 0.15) is 31.2 Å². The molecule has 4 heteroatoms. The van der Waals surface area contributed by atoms with Gasteiger partial charge in [-0.3, -0.25) is 0 Å². The number of benzene rings is 1. The van der Waals surface area contributed by atoms with E-state index in [-0.39, 0.29) is 11.0 Å². The average Bonchev–Trinajstić information content (AvgIpc) is 3.00. The van der Waals surface area contributed by atoms with E-state index in [9.17, 15) is 8.78 Å². The van der Waals surface area contributed by atoms with E-state index in [4.69, 9.17) is 0 Å². The number of alkyl halides is 1. The highest BCUT2D eigenvalue weighted by Gasteiger charge is 2.50. The molecule has 1 aromatic rings. The maximum atomic E-state index is 14.2.